The average Bonchev–Trinajstić information content (AvgIpc) is 2.69. The maximum Gasteiger partial charge on any atom is 0.243 e. The summed E-state index contributed by atoms with van der Waals surface area (Å²) in [6.07, 6.45) is 6.79. The van der Waals surface area contributed by atoms with Gasteiger partial charge in [-0.15, -0.1) is 6.42 Å². The number of piperidine rings is 1. The van der Waals surface area contributed by atoms with Crippen molar-refractivity contribution < 1.29 is 13.2 Å². The Labute approximate surface area is 155 Å². The SMILES string of the molecule is C#CCN1CCN(C(=O)C2CCCN(S(=O)(=O)c3ccccc3)C2)CC1. The Balaban J connectivity index is 1.64. The molecule has 0 N–H and O–H groups in total. The van der Waals surface area contributed by atoms with Gasteiger partial charge in [-0.05, 0) is 25.0 Å². The number of rotatable bonds is 4. The largest absolute Gasteiger partial charge is 0.340 e. The van der Waals surface area contributed by atoms with Crippen molar-refractivity contribution in [2.24, 2.45) is 5.92 Å². The van der Waals surface area contributed by atoms with Crippen LogP contribution in [0.25, 0.3) is 0 Å². The van der Waals surface area contributed by atoms with E-state index in [0.717, 1.165) is 19.5 Å². The van der Waals surface area contributed by atoms with Crippen molar-refractivity contribution in [1.29, 1.82) is 0 Å². The Morgan fingerprint density at radius 3 is 2.46 bits per heavy atom. The zero-order chi connectivity index (χ0) is 18.6. The van der Waals surface area contributed by atoms with Crippen molar-refractivity contribution in [2.75, 3.05) is 45.8 Å². The van der Waals surface area contributed by atoms with Crippen LogP contribution in [-0.2, 0) is 14.8 Å². The van der Waals surface area contributed by atoms with Crippen LogP contribution >= 0.6 is 0 Å². The predicted octanol–water partition coefficient (Wildman–Crippen LogP) is 0.865. The Morgan fingerprint density at radius 2 is 1.81 bits per heavy atom. The van der Waals surface area contributed by atoms with E-state index >= 15 is 0 Å². The van der Waals surface area contributed by atoms with E-state index in [1.54, 1.807) is 30.3 Å². The Kier molecular flexibility index (Phi) is 5.97. The summed E-state index contributed by atoms with van der Waals surface area (Å²) in [6.45, 7) is 4.19. The molecule has 140 valence electrons. The van der Waals surface area contributed by atoms with Gasteiger partial charge < -0.3 is 4.90 Å². The van der Waals surface area contributed by atoms with Gasteiger partial charge in [0.1, 0.15) is 0 Å². The molecule has 1 aromatic rings. The summed E-state index contributed by atoms with van der Waals surface area (Å²) in [7, 11) is -3.54. The first-order chi connectivity index (χ1) is 12.5. The highest BCUT2D eigenvalue weighted by molar-refractivity contribution is 7.89. The highest BCUT2D eigenvalue weighted by atomic mass is 32.2. The van der Waals surface area contributed by atoms with E-state index in [4.69, 9.17) is 6.42 Å². The number of hydrogen-bond donors (Lipinski definition) is 0. The summed E-state index contributed by atoms with van der Waals surface area (Å²) in [5.74, 6) is 2.44. The molecule has 2 aliphatic rings. The van der Waals surface area contributed by atoms with Gasteiger partial charge in [0.15, 0.2) is 0 Å². The van der Waals surface area contributed by atoms with E-state index in [1.165, 1.54) is 4.31 Å². The molecule has 0 radical (unpaired) electrons. The molecule has 7 heteroatoms. The molecular formula is C19H25N3O3S. The molecule has 2 heterocycles. The van der Waals surface area contributed by atoms with Crippen LogP contribution in [0.1, 0.15) is 12.8 Å². The van der Waals surface area contributed by atoms with Gasteiger partial charge in [0.05, 0.1) is 17.4 Å². The summed E-state index contributed by atoms with van der Waals surface area (Å²) in [5.41, 5.74) is 0. The molecule has 0 bridgehead atoms. The lowest BCUT2D eigenvalue weighted by Crippen LogP contribution is -2.53. The van der Waals surface area contributed by atoms with Crippen LogP contribution in [0.2, 0.25) is 0 Å². The van der Waals surface area contributed by atoms with E-state index in [9.17, 15) is 13.2 Å². The van der Waals surface area contributed by atoms with Gasteiger partial charge in [0.2, 0.25) is 15.9 Å². The summed E-state index contributed by atoms with van der Waals surface area (Å²) in [4.78, 5) is 17.2. The van der Waals surface area contributed by atoms with Crippen LogP contribution in [0.5, 0.6) is 0 Å². The van der Waals surface area contributed by atoms with Gasteiger partial charge in [-0.25, -0.2) is 8.42 Å². The quantitative estimate of drug-likeness (QED) is 0.733. The standard InChI is InChI=1S/C19H25N3O3S/c1-2-10-20-12-14-21(15-13-20)19(23)17-7-6-11-22(16-17)26(24,25)18-8-4-3-5-9-18/h1,3-5,8-9,17H,6-7,10-16H2. The molecule has 1 aromatic carbocycles. The van der Waals surface area contributed by atoms with Crippen LogP contribution in [0.3, 0.4) is 0 Å². The molecule has 3 rings (SSSR count). The maximum absolute atomic E-state index is 12.9. The Morgan fingerprint density at radius 1 is 1.12 bits per heavy atom. The zero-order valence-corrected chi connectivity index (χ0v) is 15.7. The molecular weight excluding hydrogens is 350 g/mol. The molecule has 0 spiro atoms. The number of piperazine rings is 1. The molecule has 2 fully saturated rings. The lowest BCUT2D eigenvalue weighted by atomic mass is 9.98. The van der Waals surface area contributed by atoms with Crippen LogP contribution in [0.4, 0.5) is 0 Å². The number of carbonyl (C=O) groups is 1. The second-order valence-electron chi connectivity index (χ2n) is 6.82. The number of hydrogen-bond acceptors (Lipinski definition) is 4. The maximum atomic E-state index is 12.9. The Bertz CT molecular complexity index is 765. The third-order valence-corrected chi connectivity index (χ3v) is 6.99. The molecule has 1 atom stereocenters. The number of carbonyl (C=O) groups excluding carboxylic acids is 1. The molecule has 6 nitrogen and oxygen atoms in total. The summed E-state index contributed by atoms with van der Waals surface area (Å²) in [6, 6.07) is 8.43. The second-order valence-corrected chi connectivity index (χ2v) is 8.76. The van der Waals surface area contributed by atoms with E-state index in [0.29, 0.717) is 32.6 Å². The van der Waals surface area contributed by atoms with Crippen molar-refractivity contribution in [3.63, 3.8) is 0 Å². The lowest BCUT2D eigenvalue weighted by Gasteiger charge is -2.38. The number of nitrogens with zero attached hydrogens (tertiary/aromatic N) is 3. The highest BCUT2D eigenvalue weighted by Crippen LogP contribution is 2.25. The van der Waals surface area contributed by atoms with Crippen molar-refractivity contribution in [3.05, 3.63) is 30.3 Å². The average molecular weight is 375 g/mol. The first-order valence-electron chi connectivity index (χ1n) is 9.02. The van der Waals surface area contributed by atoms with Crippen LogP contribution in [0.15, 0.2) is 35.2 Å². The van der Waals surface area contributed by atoms with Gasteiger partial charge in [0, 0.05) is 39.3 Å². The van der Waals surface area contributed by atoms with Crippen molar-refractivity contribution in [1.82, 2.24) is 14.1 Å². The van der Waals surface area contributed by atoms with Crippen molar-refractivity contribution >= 4 is 15.9 Å². The van der Waals surface area contributed by atoms with Crippen molar-refractivity contribution in [2.45, 2.75) is 17.7 Å². The van der Waals surface area contributed by atoms with E-state index in [2.05, 4.69) is 10.8 Å². The molecule has 0 aliphatic carbocycles. The van der Waals surface area contributed by atoms with Gasteiger partial charge in [-0.1, -0.05) is 24.1 Å². The van der Waals surface area contributed by atoms with E-state index < -0.39 is 10.0 Å². The van der Waals surface area contributed by atoms with E-state index in [-0.39, 0.29) is 23.3 Å². The number of sulfonamides is 1. The number of terminal acetylenes is 1. The summed E-state index contributed by atoms with van der Waals surface area (Å²) in [5, 5.41) is 0. The fraction of sp³-hybridized carbons (Fsp3) is 0.526. The first-order valence-corrected chi connectivity index (χ1v) is 10.5. The predicted molar refractivity (Wildman–Crippen MR) is 99.8 cm³/mol. The van der Waals surface area contributed by atoms with Crippen LogP contribution < -0.4 is 0 Å². The second kappa shape index (κ2) is 8.21. The number of amides is 1. The van der Waals surface area contributed by atoms with Crippen LogP contribution in [0, 0.1) is 18.3 Å². The normalized spacial score (nSPS) is 22.7. The third kappa shape index (κ3) is 4.09. The fourth-order valence-corrected chi connectivity index (χ4v) is 5.16. The Hall–Kier alpha value is -1.88. The van der Waals surface area contributed by atoms with Gasteiger partial charge >= 0.3 is 0 Å². The fourth-order valence-electron chi connectivity index (χ4n) is 3.62. The topological polar surface area (TPSA) is 60.9 Å². The molecule has 1 amide bonds. The van der Waals surface area contributed by atoms with Gasteiger partial charge in [0.25, 0.3) is 0 Å². The minimum atomic E-state index is -3.54. The zero-order valence-electron chi connectivity index (χ0n) is 14.9. The molecule has 0 saturated carbocycles. The minimum Gasteiger partial charge on any atom is -0.340 e. The highest BCUT2D eigenvalue weighted by Gasteiger charge is 2.35. The third-order valence-electron chi connectivity index (χ3n) is 5.11. The minimum absolute atomic E-state index is 0.0679. The smallest absolute Gasteiger partial charge is 0.243 e. The van der Waals surface area contributed by atoms with Crippen molar-refractivity contribution in [3.8, 4) is 12.3 Å². The van der Waals surface area contributed by atoms with Gasteiger partial charge in [-0.3, -0.25) is 9.69 Å². The molecule has 26 heavy (non-hydrogen) atoms. The molecule has 0 aromatic heterocycles. The van der Waals surface area contributed by atoms with Gasteiger partial charge in [-0.2, -0.15) is 4.31 Å². The monoisotopic (exact) mass is 375 g/mol. The number of benzene rings is 1. The first kappa shape index (κ1) is 18.9. The molecule has 2 saturated heterocycles. The molecule has 2 aliphatic heterocycles. The summed E-state index contributed by atoms with van der Waals surface area (Å²) < 4.78 is 27.1. The van der Waals surface area contributed by atoms with Crippen LogP contribution in [-0.4, -0.2) is 74.2 Å². The van der Waals surface area contributed by atoms with E-state index in [1.807, 2.05) is 4.90 Å². The lowest BCUT2D eigenvalue weighted by molar-refractivity contribution is -0.138. The summed E-state index contributed by atoms with van der Waals surface area (Å²) >= 11 is 0. The molecule has 1 unspecified atom stereocenters.